The van der Waals surface area contributed by atoms with Crippen molar-refractivity contribution in [1.82, 2.24) is 0 Å². The maximum atomic E-state index is 11.9. The first-order valence-corrected chi connectivity index (χ1v) is 8.69. The van der Waals surface area contributed by atoms with E-state index in [-0.39, 0.29) is 25.7 Å². The van der Waals surface area contributed by atoms with Gasteiger partial charge >= 0.3 is 30.0 Å². The van der Waals surface area contributed by atoms with Gasteiger partial charge in [0, 0.05) is 25.7 Å². The molecule has 144 valence electrons. The Morgan fingerprint density at radius 3 is 0.880 bits per heavy atom. The van der Waals surface area contributed by atoms with Crippen molar-refractivity contribution in [2.45, 2.75) is 85.2 Å². The van der Waals surface area contributed by atoms with Crippen LogP contribution in [0.5, 0.6) is 0 Å². The SMILES string of the molecule is CCCC(=O)OC(OC(=O)CCC)(OC(=O)CCC)OC(=O)CCC. The predicted molar refractivity (Wildman–Crippen MR) is 86.7 cm³/mol. The molecule has 0 aromatic rings. The van der Waals surface area contributed by atoms with Crippen molar-refractivity contribution in [2.75, 3.05) is 0 Å². The summed E-state index contributed by atoms with van der Waals surface area (Å²) in [5.41, 5.74) is 0. The van der Waals surface area contributed by atoms with Crippen molar-refractivity contribution in [2.24, 2.45) is 0 Å². The maximum absolute atomic E-state index is 11.9. The maximum Gasteiger partial charge on any atom is 0.619 e. The number of ether oxygens (including phenoxy) is 4. The lowest BCUT2D eigenvalue weighted by molar-refractivity contribution is -0.432. The minimum Gasteiger partial charge on any atom is -0.352 e. The summed E-state index contributed by atoms with van der Waals surface area (Å²) < 4.78 is 19.8. The van der Waals surface area contributed by atoms with Crippen molar-refractivity contribution in [1.29, 1.82) is 0 Å². The van der Waals surface area contributed by atoms with Gasteiger partial charge in [-0.2, -0.15) is 0 Å². The van der Waals surface area contributed by atoms with Crippen LogP contribution in [0.3, 0.4) is 0 Å². The number of rotatable bonds is 12. The van der Waals surface area contributed by atoms with Gasteiger partial charge in [-0.25, -0.2) is 0 Å². The summed E-state index contributed by atoms with van der Waals surface area (Å²) in [5.74, 6) is -3.28. The van der Waals surface area contributed by atoms with Crippen LogP contribution in [0.2, 0.25) is 0 Å². The van der Waals surface area contributed by atoms with Gasteiger partial charge in [0.1, 0.15) is 0 Å². The van der Waals surface area contributed by atoms with Crippen molar-refractivity contribution in [3.63, 3.8) is 0 Å². The van der Waals surface area contributed by atoms with E-state index in [0.717, 1.165) is 0 Å². The predicted octanol–water partition coefficient (Wildman–Crippen LogP) is 2.97. The van der Waals surface area contributed by atoms with Gasteiger partial charge < -0.3 is 18.9 Å². The molecule has 0 aromatic heterocycles. The van der Waals surface area contributed by atoms with Crippen molar-refractivity contribution < 1.29 is 38.1 Å². The van der Waals surface area contributed by atoms with E-state index in [4.69, 9.17) is 18.9 Å². The van der Waals surface area contributed by atoms with Crippen molar-refractivity contribution in [3.8, 4) is 0 Å². The van der Waals surface area contributed by atoms with E-state index in [2.05, 4.69) is 0 Å². The second kappa shape index (κ2) is 12.3. The molecule has 0 fully saturated rings. The summed E-state index contributed by atoms with van der Waals surface area (Å²) in [7, 11) is 0. The fourth-order valence-electron chi connectivity index (χ4n) is 1.70. The highest BCUT2D eigenvalue weighted by atomic mass is 17.0. The molecule has 8 nitrogen and oxygen atoms in total. The average molecular weight is 360 g/mol. The standard InChI is InChI=1S/C17H28O8/c1-5-9-13(18)22-17(23-14(19)10-6-2,24-15(20)11-7-3)25-16(21)12-8-4/h5-12H2,1-4H3. The quantitative estimate of drug-likeness (QED) is 0.386. The largest absolute Gasteiger partial charge is 0.619 e. The van der Waals surface area contributed by atoms with Gasteiger partial charge in [0.25, 0.3) is 0 Å². The zero-order valence-electron chi connectivity index (χ0n) is 15.4. The van der Waals surface area contributed by atoms with E-state index in [1.54, 1.807) is 27.7 Å². The summed E-state index contributed by atoms with van der Waals surface area (Å²) >= 11 is 0. The van der Waals surface area contributed by atoms with Crippen LogP contribution in [0.4, 0.5) is 0 Å². The molecule has 0 saturated heterocycles. The Balaban J connectivity index is 5.55. The normalized spacial score (nSPS) is 10.7. The summed E-state index contributed by atoms with van der Waals surface area (Å²) in [6, 6.07) is 0. The molecule has 0 amide bonds. The third-order valence-corrected chi connectivity index (χ3v) is 2.77. The van der Waals surface area contributed by atoms with Crippen LogP contribution in [-0.2, 0) is 38.1 Å². The van der Waals surface area contributed by atoms with Gasteiger partial charge in [0.15, 0.2) is 0 Å². The molecule has 8 heteroatoms. The van der Waals surface area contributed by atoms with E-state index >= 15 is 0 Å². The van der Waals surface area contributed by atoms with Gasteiger partial charge in [0.2, 0.25) is 0 Å². The van der Waals surface area contributed by atoms with Crippen molar-refractivity contribution >= 4 is 23.9 Å². The number of esters is 4. The van der Waals surface area contributed by atoms with Gasteiger partial charge in [-0.05, 0) is 25.7 Å². The van der Waals surface area contributed by atoms with Crippen LogP contribution in [-0.4, -0.2) is 30.0 Å². The minimum atomic E-state index is -2.81. The van der Waals surface area contributed by atoms with E-state index in [1.807, 2.05) is 0 Å². The topological polar surface area (TPSA) is 105 Å². The van der Waals surface area contributed by atoms with Gasteiger partial charge in [-0.1, -0.05) is 27.7 Å². The lowest BCUT2D eigenvalue weighted by atomic mass is 10.3. The molecule has 0 saturated carbocycles. The molecule has 0 aliphatic rings. The third-order valence-electron chi connectivity index (χ3n) is 2.77. The molecule has 0 spiro atoms. The molecule has 0 unspecified atom stereocenters. The first-order valence-electron chi connectivity index (χ1n) is 8.69. The Hall–Kier alpha value is -2.12. The molecule has 25 heavy (non-hydrogen) atoms. The zero-order valence-corrected chi connectivity index (χ0v) is 15.4. The Labute approximate surface area is 148 Å². The molecule has 0 N–H and O–H groups in total. The number of hydrogen-bond acceptors (Lipinski definition) is 8. The number of carbonyl (C=O) groups excluding carboxylic acids is 4. The Bertz CT molecular complexity index is 372. The molecule has 0 aliphatic carbocycles. The summed E-state index contributed by atoms with van der Waals surface area (Å²) in [6.45, 7) is 6.94. The molecule has 0 rings (SSSR count). The van der Waals surface area contributed by atoms with Crippen LogP contribution < -0.4 is 0 Å². The van der Waals surface area contributed by atoms with Crippen LogP contribution in [0.15, 0.2) is 0 Å². The lowest BCUT2D eigenvalue weighted by Gasteiger charge is -2.29. The lowest BCUT2D eigenvalue weighted by Crippen LogP contribution is -2.48. The Morgan fingerprint density at radius 1 is 0.520 bits per heavy atom. The Morgan fingerprint density at radius 2 is 0.720 bits per heavy atom. The summed E-state index contributed by atoms with van der Waals surface area (Å²) in [6.07, 6.45) is -1.11. The van der Waals surface area contributed by atoms with E-state index in [1.165, 1.54) is 0 Å². The molecule has 0 heterocycles. The molecule has 0 aromatic carbocycles. The highest BCUT2D eigenvalue weighted by molar-refractivity contribution is 5.75. The fourth-order valence-corrected chi connectivity index (χ4v) is 1.70. The number of hydrogen-bond donors (Lipinski definition) is 0. The van der Waals surface area contributed by atoms with E-state index in [9.17, 15) is 19.2 Å². The monoisotopic (exact) mass is 360 g/mol. The van der Waals surface area contributed by atoms with Crippen LogP contribution in [0, 0.1) is 0 Å². The highest BCUT2D eigenvalue weighted by Crippen LogP contribution is 2.23. The van der Waals surface area contributed by atoms with Gasteiger partial charge in [0.05, 0.1) is 0 Å². The highest BCUT2D eigenvalue weighted by Gasteiger charge is 2.49. The third kappa shape index (κ3) is 9.69. The first-order chi connectivity index (χ1) is 11.8. The fraction of sp³-hybridized carbons (Fsp3) is 0.765. The van der Waals surface area contributed by atoms with Crippen molar-refractivity contribution in [3.05, 3.63) is 0 Å². The summed E-state index contributed by atoms with van der Waals surface area (Å²) in [4.78, 5) is 47.5. The van der Waals surface area contributed by atoms with Gasteiger partial charge in [-0.3, -0.25) is 19.2 Å². The summed E-state index contributed by atoms with van der Waals surface area (Å²) in [5, 5.41) is 0. The second-order valence-corrected chi connectivity index (χ2v) is 5.40. The molecular weight excluding hydrogens is 332 g/mol. The average Bonchev–Trinajstić information content (AvgIpc) is 2.47. The second-order valence-electron chi connectivity index (χ2n) is 5.40. The molecular formula is C17H28O8. The Kier molecular flexibility index (Phi) is 11.2. The van der Waals surface area contributed by atoms with Crippen LogP contribution in [0.1, 0.15) is 79.1 Å². The van der Waals surface area contributed by atoms with Crippen LogP contribution >= 0.6 is 0 Å². The zero-order chi connectivity index (χ0) is 19.3. The number of carbonyl (C=O) groups is 4. The minimum absolute atomic E-state index is 0.0241. The molecule has 0 bridgehead atoms. The van der Waals surface area contributed by atoms with E-state index in [0.29, 0.717) is 25.7 Å². The first kappa shape index (κ1) is 22.9. The van der Waals surface area contributed by atoms with E-state index < -0.39 is 30.0 Å². The van der Waals surface area contributed by atoms with Crippen LogP contribution in [0.25, 0.3) is 0 Å². The van der Waals surface area contributed by atoms with Gasteiger partial charge in [-0.15, -0.1) is 0 Å². The molecule has 0 atom stereocenters. The molecule has 0 aliphatic heterocycles. The smallest absolute Gasteiger partial charge is 0.352 e. The molecule has 0 radical (unpaired) electrons.